The summed E-state index contributed by atoms with van der Waals surface area (Å²) in [5, 5.41) is 0.339. The molecule has 0 atom stereocenters. The van der Waals surface area contributed by atoms with Crippen LogP contribution in [0.2, 0.25) is 0 Å². The summed E-state index contributed by atoms with van der Waals surface area (Å²) >= 11 is 2.03. The van der Waals surface area contributed by atoms with Crippen molar-refractivity contribution in [2.75, 3.05) is 0 Å². The summed E-state index contributed by atoms with van der Waals surface area (Å²) in [6, 6.07) is 5.08. The zero-order valence-electron chi connectivity index (χ0n) is 9.04. The number of fused-ring (bicyclic) bond motifs is 1. The van der Waals surface area contributed by atoms with Crippen molar-refractivity contribution in [2.24, 2.45) is 0 Å². The number of nitrogens with zero attached hydrogens (tertiary/aromatic N) is 2. The van der Waals surface area contributed by atoms with Crippen molar-refractivity contribution in [3.8, 4) is 0 Å². The summed E-state index contributed by atoms with van der Waals surface area (Å²) in [6.07, 6.45) is -4.16. The molecule has 0 spiro atoms. The molecular formula is C11H8F3IN2O. The van der Waals surface area contributed by atoms with E-state index in [0.29, 0.717) is 10.9 Å². The number of aromatic nitrogens is 2. The second-order valence-corrected chi connectivity index (χ2v) is 5.02. The van der Waals surface area contributed by atoms with Crippen LogP contribution in [0.4, 0.5) is 13.2 Å². The van der Waals surface area contributed by atoms with Crippen LogP contribution in [0.1, 0.15) is 6.42 Å². The van der Waals surface area contributed by atoms with Crippen molar-refractivity contribution >= 4 is 33.5 Å². The number of hydrogen-bond donors (Lipinski definition) is 0. The number of alkyl halides is 3. The molecule has 0 bridgehead atoms. The Labute approximate surface area is 114 Å². The zero-order chi connectivity index (χ0) is 13.3. The first-order valence-corrected chi connectivity index (χ1v) is 6.16. The molecule has 96 valence electrons. The minimum atomic E-state index is -4.28. The summed E-state index contributed by atoms with van der Waals surface area (Å²) in [5.74, 6) is 0. The fourth-order valence-corrected chi connectivity index (χ4v) is 2.03. The van der Waals surface area contributed by atoms with E-state index in [1.54, 1.807) is 18.2 Å². The highest BCUT2D eigenvalue weighted by molar-refractivity contribution is 14.1. The van der Waals surface area contributed by atoms with Gasteiger partial charge in [0.05, 0.1) is 23.7 Å². The molecule has 2 rings (SSSR count). The van der Waals surface area contributed by atoms with Gasteiger partial charge in [-0.05, 0) is 40.8 Å². The van der Waals surface area contributed by atoms with Gasteiger partial charge in [0.25, 0.3) is 5.56 Å². The molecule has 1 heterocycles. The van der Waals surface area contributed by atoms with E-state index in [1.165, 1.54) is 0 Å². The molecule has 18 heavy (non-hydrogen) atoms. The van der Waals surface area contributed by atoms with E-state index >= 15 is 0 Å². The van der Waals surface area contributed by atoms with Crippen molar-refractivity contribution in [2.45, 2.75) is 19.1 Å². The van der Waals surface area contributed by atoms with Crippen LogP contribution in [-0.4, -0.2) is 15.7 Å². The zero-order valence-corrected chi connectivity index (χ0v) is 11.2. The predicted molar refractivity (Wildman–Crippen MR) is 69.4 cm³/mol. The van der Waals surface area contributed by atoms with E-state index in [9.17, 15) is 18.0 Å². The molecule has 0 amide bonds. The van der Waals surface area contributed by atoms with E-state index in [4.69, 9.17) is 0 Å². The van der Waals surface area contributed by atoms with Crippen molar-refractivity contribution < 1.29 is 13.2 Å². The van der Waals surface area contributed by atoms with Crippen LogP contribution in [-0.2, 0) is 6.54 Å². The van der Waals surface area contributed by atoms with Gasteiger partial charge in [-0.2, -0.15) is 13.2 Å². The lowest BCUT2D eigenvalue weighted by molar-refractivity contribution is -0.136. The van der Waals surface area contributed by atoms with Crippen LogP contribution in [0.5, 0.6) is 0 Å². The van der Waals surface area contributed by atoms with Gasteiger partial charge in [0.1, 0.15) is 0 Å². The monoisotopic (exact) mass is 368 g/mol. The van der Waals surface area contributed by atoms with E-state index in [0.717, 1.165) is 14.5 Å². The van der Waals surface area contributed by atoms with Crippen LogP contribution in [0, 0.1) is 3.57 Å². The average molecular weight is 368 g/mol. The highest BCUT2D eigenvalue weighted by Crippen LogP contribution is 2.20. The lowest BCUT2D eigenvalue weighted by Gasteiger charge is -2.09. The van der Waals surface area contributed by atoms with Gasteiger partial charge in [0, 0.05) is 10.1 Å². The van der Waals surface area contributed by atoms with E-state index in [1.807, 2.05) is 22.6 Å². The first-order chi connectivity index (χ1) is 8.37. The maximum atomic E-state index is 12.1. The van der Waals surface area contributed by atoms with Gasteiger partial charge < -0.3 is 0 Å². The Morgan fingerprint density at radius 1 is 1.33 bits per heavy atom. The lowest BCUT2D eigenvalue weighted by atomic mass is 10.2. The molecule has 0 aliphatic rings. The third-order valence-corrected chi connectivity index (χ3v) is 3.09. The summed E-state index contributed by atoms with van der Waals surface area (Å²) < 4.78 is 38.2. The maximum absolute atomic E-state index is 12.1. The molecule has 0 unspecified atom stereocenters. The third-order valence-electron chi connectivity index (χ3n) is 2.42. The Morgan fingerprint density at radius 2 is 2.06 bits per heavy atom. The van der Waals surface area contributed by atoms with Gasteiger partial charge in [0.15, 0.2) is 0 Å². The standard InChI is InChI=1S/C11H8F3IN2O/c12-11(13,14)3-4-17-6-16-9-2-1-7(15)5-8(9)10(17)18/h1-2,5-6H,3-4H2. The third kappa shape index (κ3) is 3.01. The molecular weight excluding hydrogens is 360 g/mol. The average Bonchev–Trinajstić information content (AvgIpc) is 2.28. The molecule has 1 aromatic carbocycles. The van der Waals surface area contributed by atoms with Crippen molar-refractivity contribution in [3.05, 3.63) is 38.5 Å². The van der Waals surface area contributed by atoms with Gasteiger partial charge >= 0.3 is 6.18 Å². The van der Waals surface area contributed by atoms with Crippen LogP contribution >= 0.6 is 22.6 Å². The minimum absolute atomic E-state index is 0.339. The SMILES string of the molecule is O=c1c2cc(I)ccc2ncn1CCC(F)(F)F. The maximum Gasteiger partial charge on any atom is 0.390 e. The molecule has 0 saturated carbocycles. The van der Waals surface area contributed by atoms with Crippen molar-refractivity contribution in [1.29, 1.82) is 0 Å². The highest BCUT2D eigenvalue weighted by atomic mass is 127. The number of hydrogen-bond acceptors (Lipinski definition) is 2. The van der Waals surface area contributed by atoms with Crippen molar-refractivity contribution in [3.63, 3.8) is 0 Å². The quantitative estimate of drug-likeness (QED) is 0.765. The number of rotatable bonds is 2. The Bertz CT molecular complexity index is 636. The summed E-state index contributed by atoms with van der Waals surface area (Å²) in [4.78, 5) is 15.9. The number of benzene rings is 1. The lowest BCUT2D eigenvalue weighted by Crippen LogP contribution is -2.23. The van der Waals surface area contributed by atoms with E-state index < -0.39 is 24.7 Å². The predicted octanol–water partition coefficient (Wildman–Crippen LogP) is 2.95. The normalized spacial score (nSPS) is 12.0. The summed E-state index contributed by atoms with van der Waals surface area (Å²) in [6.45, 7) is -0.406. The van der Waals surface area contributed by atoms with E-state index in [2.05, 4.69) is 4.98 Å². The van der Waals surface area contributed by atoms with Crippen LogP contribution in [0.3, 0.4) is 0 Å². The Kier molecular flexibility index (Phi) is 3.60. The van der Waals surface area contributed by atoms with Crippen LogP contribution in [0.25, 0.3) is 10.9 Å². The summed E-state index contributed by atoms with van der Waals surface area (Å²) in [5.41, 5.74) is 0.0476. The molecule has 0 saturated heterocycles. The molecule has 0 aliphatic heterocycles. The highest BCUT2D eigenvalue weighted by Gasteiger charge is 2.26. The molecule has 2 aromatic rings. The fraction of sp³-hybridized carbons (Fsp3) is 0.273. The summed E-state index contributed by atoms with van der Waals surface area (Å²) in [7, 11) is 0. The molecule has 3 nitrogen and oxygen atoms in total. The molecule has 0 radical (unpaired) electrons. The molecule has 0 aliphatic carbocycles. The van der Waals surface area contributed by atoms with Gasteiger partial charge in [-0.25, -0.2) is 4.98 Å². The van der Waals surface area contributed by atoms with Gasteiger partial charge in [-0.15, -0.1) is 0 Å². The number of halogens is 4. The van der Waals surface area contributed by atoms with Crippen LogP contribution < -0.4 is 5.56 Å². The fourth-order valence-electron chi connectivity index (χ4n) is 1.54. The topological polar surface area (TPSA) is 34.9 Å². The van der Waals surface area contributed by atoms with E-state index in [-0.39, 0.29) is 0 Å². The molecule has 7 heteroatoms. The largest absolute Gasteiger partial charge is 0.390 e. The first-order valence-electron chi connectivity index (χ1n) is 5.08. The smallest absolute Gasteiger partial charge is 0.298 e. The van der Waals surface area contributed by atoms with Gasteiger partial charge in [-0.3, -0.25) is 9.36 Å². The van der Waals surface area contributed by atoms with Crippen molar-refractivity contribution in [1.82, 2.24) is 9.55 Å². The minimum Gasteiger partial charge on any atom is -0.298 e. The molecule has 1 aromatic heterocycles. The van der Waals surface area contributed by atoms with Crippen LogP contribution in [0.15, 0.2) is 29.3 Å². The second-order valence-electron chi connectivity index (χ2n) is 3.77. The Hall–Kier alpha value is -1.12. The molecule has 0 fully saturated rings. The Balaban J connectivity index is 2.41. The Morgan fingerprint density at radius 3 is 2.72 bits per heavy atom. The number of aryl methyl sites for hydroxylation is 1. The first kappa shape index (κ1) is 13.3. The van der Waals surface area contributed by atoms with Gasteiger partial charge in [-0.1, -0.05) is 0 Å². The second kappa shape index (κ2) is 4.87. The molecule has 0 N–H and O–H groups in total. The van der Waals surface area contributed by atoms with Gasteiger partial charge in [0.2, 0.25) is 0 Å².